The molecule has 1 heterocycles. The molecule has 0 unspecified atom stereocenters. The van der Waals surface area contributed by atoms with Gasteiger partial charge in [-0.15, -0.1) is 0 Å². The van der Waals surface area contributed by atoms with Crippen molar-refractivity contribution in [3.05, 3.63) is 71.8 Å². The van der Waals surface area contributed by atoms with Gasteiger partial charge in [0, 0.05) is 11.4 Å². The zero-order valence-electron chi connectivity index (χ0n) is 14.6. The van der Waals surface area contributed by atoms with E-state index in [0.29, 0.717) is 22.1 Å². The monoisotopic (exact) mass is 385 g/mol. The fourth-order valence-electron chi connectivity index (χ4n) is 2.52. The number of thioether (sulfide) groups is 1. The maximum atomic E-state index is 13.2. The van der Waals surface area contributed by atoms with Crippen LogP contribution in [0.1, 0.15) is 20.8 Å². The summed E-state index contributed by atoms with van der Waals surface area (Å²) in [4.78, 5) is 28.7. The summed E-state index contributed by atoms with van der Waals surface area (Å²) in [6, 6.07) is 12.2. The highest BCUT2D eigenvalue weighted by Crippen LogP contribution is 2.23. The molecule has 0 radical (unpaired) electrons. The van der Waals surface area contributed by atoms with E-state index in [4.69, 9.17) is 0 Å². The zero-order chi connectivity index (χ0) is 19.4. The van der Waals surface area contributed by atoms with Crippen LogP contribution in [-0.2, 0) is 4.74 Å². The highest BCUT2D eigenvalue weighted by atomic mass is 32.2. The number of hydrogen-bond acceptors (Lipinski definition) is 5. The van der Waals surface area contributed by atoms with Crippen molar-refractivity contribution in [1.82, 2.24) is 9.55 Å². The van der Waals surface area contributed by atoms with Crippen LogP contribution >= 0.6 is 11.8 Å². The van der Waals surface area contributed by atoms with Crippen molar-refractivity contribution in [2.24, 2.45) is 0 Å². The van der Waals surface area contributed by atoms with Gasteiger partial charge in [0.1, 0.15) is 11.5 Å². The van der Waals surface area contributed by atoms with Gasteiger partial charge in [0.15, 0.2) is 5.16 Å². The Hall–Kier alpha value is -3.13. The summed E-state index contributed by atoms with van der Waals surface area (Å²) < 4.78 is 19.6. The average molecular weight is 385 g/mol. The number of nitrogens with one attached hydrogen (secondary N) is 1. The summed E-state index contributed by atoms with van der Waals surface area (Å²) in [6.07, 6.45) is 3.29. The second kappa shape index (κ2) is 8.05. The lowest BCUT2D eigenvalue weighted by Gasteiger charge is -2.11. The highest BCUT2D eigenvalue weighted by Gasteiger charge is 2.18. The zero-order valence-corrected chi connectivity index (χ0v) is 15.4. The Bertz CT molecular complexity index is 986. The molecule has 1 N–H and O–H groups in total. The first kappa shape index (κ1) is 18.7. The molecule has 0 bridgehead atoms. The third-order valence-electron chi connectivity index (χ3n) is 3.77. The van der Waals surface area contributed by atoms with Crippen molar-refractivity contribution in [2.45, 2.75) is 5.16 Å². The summed E-state index contributed by atoms with van der Waals surface area (Å²) in [7, 11) is 1.29. The lowest BCUT2D eigenvalue weighted by molar-refractivity contribution is 0.0600. The number of ether oxygens (including phenoxy) is 1. The molecule has 27 heavy (non-hydrogen) atoms. The molecule has 6 nitrogen and oxygen atoms in total. The van der Waals surface area contributed by atoms with Crippen LogP contribution in [0.5, 0.6) is 0 Å². The molecule has 8 heteroatoms. The molecular formula is C19H16FN3O3S. The van der Waals surface area contributed by atoms with Crippen LogP contribution in [0, 0.1) is 5.82 Å². The number of carbonyl (C=O) groups is 2. The molecule has 0 spiro atoms. The van der Waals surface area contributed by atoms with Gasteiger partial charge in [-0.1, -0.05) is 17.8 Å². The molecule has 0 aliphatic heterocycles. The van der Waals surface area contributed by atoms with Crippen molar-refractivity contribution >= 4 is 29.3 Å². The number of hydrogen-bond donors (Lipinski definition) is 1. The first-order valence-corrected chi connectivity index (χ1v) is 9.13. The van der Waals surface area contributed by atoms with Crippen LogP contribution in [-0.4, -0.2) is 34.8 Å². The maximum absolute atomic E-state index is 13.2. The highest BCUT2D eigenvalue weighted by molar-refractivity contribution is 7.98. The van der Waals surface area contributed by atoms with E-state index in [1.54, 1.807) is 34.9 Å². The van der Waals surface area contributed by atoms with E-state index in [-0.39, 0.29) is 11.5 Å². The van der Waals surface area contributed by atoms with Gasteiger partial charge < -0.3 is 10.1 Å². The molecular weight excluding hydrogens is 369 g/mol. The van der Waals surface area contributed by atoms with Gasteiger partial charge in [-0.2, -0.15) is 0 Å². The quantitative estimate of drug-likeness (QED) is 0.535. The molecule has 1 aromatic heterocycles. The second-order valence-corrected chi connectivity index (χ2v) is 6.24. The molecule has 0 aliphatic carbocycles. The Labute approximate surface area is 159 Å². The van der Waals surface area contributed by atoms with E-state index >= 15 is 0 Å². The van der Waals surface area contributed by atoms with Crippen LogP contribution in [0.2, 0.25) is 0 Å². The minimum Gasteiger partial charge on any atom is -0.465 e. The molecule has 3 aromatic rings. The van der Waals surface area contributed by atoms with E-state index < -0.39 is 11.9 Å². The predicted molar refractivity (Wildman–Crippen MR) is 101 cm³/mol. The summed E-state index contributed by atoms with van der Waals surface area (Å²) in [5.74, 6) is -1.27. The number of anilines is 1. The minimum atomic E-state index is -0.493. The number of methoxy groups -OCH3 is 1. The Balaban J connectivity index is 1.93. The predicted octanol–water partition coefficient (Wildman–Crippen LogP) is 3.77. The number of halogens is 1. The third kappa shape index (κ3) is 4.01. The number of esters is 1. The Morgan fingerprint density at radius 3 is 2.59 bits per heavy atom. The number of nitrogens with zero attached hydrogens (tertiary/aromatic N) is 2. The van der Waals surface area contributed by atoms with Gasteiger partial charge in [0.2, 0.25) is 0 Å². The number of rotatable bonds is 5. The maximum Gasteiger partial charge on any atom is 0.337 e. The SMILES string of the molecule is COC(=O)c1cccc(NC(=O)c2cnc(SC)n2-c2ccc(F)cc2)c1. The Morgan fingerprint density at radius 1 is 1.19 bits per heavy atom. The summed E-state index contributed by atoms with van der Waals surface area (Å²) in [6.45, 7) is 0. The van der Waals surface area contributed by atoms with Gasteiger partial charge in [0.25, 0.3) is 5.91 Å². The fourth-order valence-corrected chi connectivity index (χ4v) is 3.06. The number of carbonyl (C=O) groups excluding carboxylic acids is 2. The van der Waals surface area contributed by atoms with Crippen LogP contribution in [0.3, 0.4) is 0 Å². The summed E-state index contributed by atoms with van der Waals surface area (Å²) in [5.41, 5.74) is 1.67. The van der Waals surface area contributed by atoms with Crippen LogP contribution in [0.4, 0.5) is 10.1 Å². The smallest absolute Gasteiger partial charge is 0.337 e. The van der Waals surface area contributed by atoms with Crippen molar-refractivity contribution < 1.29 is 18.7 Å². The van der Waals surface area contributed by atoms with E-state index in [1.807, 2.05) is 6.26 Å². The van der Waals surface area contributed by atoms with E-state index in [0.717, 1.165) is 0 Å². The van der Waals surface area contributed by atoms with Gasteiger partial charge in [-0.25, -0.2) is 14.2 Å². The van der Waals surface area contributed by atoms with Crippen LogP contribution < -0.4 is 5.32 Å². The van der Waals surface area contributed by atoms with Crippen molar-refractivity contribution in [3.63, 3.8) is 0 Å². The van der Waals surface area contributed by atoms with Crippen molar-refractivity contribution in [1.29, 1.82) is 0 Å². The third-order valence-corrected chi connectivity index (χ3v) is 4.42. The van der Waals surface area contributed by atoms with Gasteiger partial charge in [0.05, 0.1) is 18.9 Å². The molecule has 0 atom stereocenters. The molecule has 0 saturated heterocycles. The normalized spacial score (nSPS) is 10.5. The standard InChI is InChI=1S/C19H16FN3O3S/c1-26-18(25)12-4-3-5-14(10-12)22-17(24)16-11-21-19(27-2)23(16)15-8-6-13(20)7-9-15/h3-11H,1-2H3,(H,22,24). The largest absolute Gasteiger partial charge is 0.465 e. The summed E-state index contributed by atoms with van der Waals surface area (Å²) >= 11 is 1.37. The number of amides is 1. The van der Waals surface area contributed by atoms with Crippen LogP contribution in [0.15, 0.2) is 59.9 Å². The lowest BCUT2D eigenvalue weighted by Crippen LogP contribution is -2.17. The topological polar surface area (TPSA) is 73.2 Å². The minimum absolute atomic E-state index is 0.287. The van der Waals surface area contributed by atoms with Gasteiger partial charge >= 0.3 is 5.97 Å². The molecule has 3 rings (SSSR count). The van der Waals surface area contributed by atoms with Gasteiger partial charge in [-0.3, -0.25) is 9.36 Å². The molecule has 138 valence electrons. The first-order valence-electron chi connectivity index (χ1n) is 7.91. The van der Waals surface area contributed by atoms with Crippen LogP contribution in [0.25, 0.3) is 5.69 Å². The first-order chi connectivity index (χ1) is 13.0. The number of aromatic nitrogens is 2. The van der Waals surface area contributed by atoms with Crippen molar-refractivity contribution in [3.8, 4) is 5.69 Å². The number of benzene rings is 2. The fraction of sp³-hybridized carbons (Fsp3) is 0.105. The van der Waals surface area contributed by atoms with Crippen molar-refractivity contribution in [2.75, 3.05) is 18.7 Å². The number of imidazole rings is 1. The second-order valence-electron chi connectivity index (χ2n) is 5.47. The Kier molecular flexibility index (Phi) is 5.56. The molecule has 2 aromatic carbocycles. The van der Waals surface area contributed by atoms with E-state index in [1.165, 1.54) is 43.3 Å². The summed E-state index contributed by atoms with van der Waals surface area (Å²) in [5, 5.41) is 3.34. The average Bonchev–Trinajstić information content (AvgIpc) is 3.12. The van der Waals surface area contributed by atoms with E-state index in [9.17, 15) is 14.0 Å². The molecule has 1 amide bonds. The lowest BCUT2D eigenvalue weighted by atomic mass is 10.2. The van der Waals surface area contributed by atoms with E-state index in [2.05, 4.69) is 15.0 Å². The molecule has 0 saturated carbocycles. The van der Waals surface area contributed by atoms with Gasteiger partial charge in [-0.05, 0) is 48.7 Å². The molecule has 0 aliphatic rings. The Morgan fingerprint density at radius 2 is 1.93 bits per heavy atom. The molecule has 0 fully saturated rings.